The van der Waals surface area contributed by atoms with Crippen molar-refractivity contribution in [2.24, 2.45) is 0 Å². The minimum Gasteiger partial charge on any atom is -0.457 e. The lowest BCUT2D eigenvalue weighted by molar-refractivity contribution is -0.116. The third kappa shape index (κ3) is 3.40. The van der Waals surface area contributed by atoms with Gasteiger partial charge in [-0.1, -0.05) is 36.4 Å². The molecule has 0 saturated carbocycles. The number of carbonyl (C=O) groups is 1. The van der Waals surface area contributed by atoms with E-state index < -0.39 is 5.92 Å². The molecule has 1 saturated heterocycles. The average molecular weight is 388 g/mol. The first-order valence-electron chi connectivity index (χ1n) is 9.61. The Morgan fingerprint density at radius 2 is 1.62 bits per heavy atom. The monoisotopic (exact) mass is 388 g/mol. The van der Waals surface area contributed by atoms with E-state index in [1.165, 1.54) is 6.33 Å². The Kier molecular flexibility index (Phi) is 4.57. The zero-order chi connectivity index (χ0) is 19.6. The molecule has 0 atom stereocenters. The van der Waals surface area contributed by atoms with E-state index >= 15 is 0 Å². The summed E-state index contributed by atoms with van der Waals surface area (Å²) in [6.07, 6.45) is 1.48. The van der Waals surface area contributed by atoms with Gasteiger partial charge in [0.15, 0.2) is 0 Å². The Balaban J connectivity index is 1.44. The topological polar surface area (TPSA) is 76.6 Å². The van der Waals surface area contributed by atoms with Crippen LogP contribution in [-0.2, 0) is 9.53 Å². The van der Waals surface area contributed by atoms with Gasteiger partial charge in [-0.2, -0.15) is 0 Å². The fourth-order valence-electron chi connectivity index (χ4n) is 3.77. The van der Waals surface area contributed by atoms with Crippen LogP contribution in [0.3, 0.4) is 0 Å². The van der Waals surface area contributed by atoms with Crippen LogP contribution >= 0.6 is 0 Å². The number of para-hydroxylation sites is 2. The van der Waals surface area contributed by atoms with Crippen molar-refractivity contribution in [2.45, 2.75) is 5.92 Å². The second kappa shape index (κ2) is 7.52. The highest BCUT2D eigenvalue weighted by molar-refractivity contribution is 5.99. The minimum atomic E-state index is -0.474. The molecule has 5 rings (SSSR count). The summed E-state index contributed by atoms with van der Waals surface area (Å²) in [5.41, 5.74) is 1.68. The highest BCUT2D eigenvalue weighted by Gasteiger charge is 2.32. The molecule has 1 fully saturated rings. The molecule has 1 amide bonds. The lowest BCUT2D eigenvalue weighted by atomic mass is 9.87. The number of nitrogens with one attached hydrogen (secondary N) is 1. The summed E-state index contributed by atoms with van der Waals surface area (Å²) >= 11 is 0. The average Bonchev–Trinajstić information content (AvgIpc) is 2.78. The van der Waals surface area contributed by atoms with Crippen LogP contribution in [-0.4, -0.2) is 42.2 Å². The van der Waals surface area contributed by atoms with E-state index in [-0.39, 0.29) is 5.91 Å². The zero-order valence-corrected chi connectivity index (χ0v) is 15.7. The molecule has 7 nitrogen and oxygen atoms in total. The van der Waals surface area contributed by atoms with Gasteiger partial charge in [0, 0.05) is 30.3 Å². The van der Waals surface area contributed by atoms with E-state index in [2.05, 4.69) is 20.2 Å². The summed E-state index contributed by atoms with van der Waals surface area (Å²) < 4.78 is 11.4. The quantitative estimate of drug-likeness (QED) is 0.743. The second-order valence-corrected chi connectivity index (χ2v) is 6.96. The first-order valence-corrected chi connectivity index (χ1v) is 9.61. The number of benzene rings is 2. The zero-order valence-electron chi connectivity index (χ0n) is 15.7. The van der Waals surface area contributed by atoms with E-state index in [4.69, 9.17) is 9.47 Å². The van der Waals surface area contributed by atoms with Crippen molar-refractivity contribution in [1.29, 1.82) is 0 Å². The molecule has 2 aliphatic heterocycles. The van der Waals surface area contributed by atoms with E-state index in [0.29, 0.717) is 30.5 Å². The number of fused-ring (bicyclic) bond motifs is 2. The number of nitrogens with zero attached hydrogens (tertiary/aromatic N) is 3. The molecule has 0 aliphatic carbocycles. The summed E-state index contributed by atoms with van der Waals surface area (Å²) in [6, 6.07) is 17.1. The molecular formula is C22H20N4O3. The number of aromatic nitrogens is 2. The van der Waals surface area contributed by atoms with Gasteiger partial charge in [0.05, 0.1) is 19.1 Å². The molecule has 2 aliphatic rings. The summed E-state index contributed by atoms with van der Waals surface area (Å²) in [5.74, 6) is 2.03. The molecule has 146 valence electrons. The molecule has 1 aromatic heterocycles. The predicted molar refractivity (Wildman–Crippen MR) is 108 cm³/mol. The van der Waals surface area contributed by atoms with E-state index in [1.54, 1.807) is 6.07 Å². The van der Waals surface area contributed by atoms with Crippen LogP contribution in [0.4, 0.5) is 11.6 Å². The van der Waals surface area contributed by atoms with Crippen LogP contribution in [0.5, 0.6) is 11.5 Å². The summed E-state index contributed by atoms with van der Waals surface area (Å²) in [4.78, 5) is 24.0. The van der Waals surface area contributed by atoms with Gasteiger partial charge < -0.3 is 19.7 Å². The largest absolute Gasteiger partial charge is 0.457 e. The molecule has 3 aromatic rings. The number of hydrogen-bond acceptors (Lipinski definition) is 6. The smallest absolute Gasteiger partial charge is 0.237 e. The highest BCUT2D eigenvalue weighted by Crippen LogP contribution is 2.44. The van der Waals surface area contributed by atoms with Crippen LogP contribution in [0.15, 0.2) is 60.9 Å². The Hall–Kier alpha value is -3.45. The Bertz CT molecular complexity index is 1000. The Morgan fingerprint density at radius 1 is 0.966 bits per heavy atom. The number of carbonyl (C=O) groups excluding carboxylic acids is 1. The molecule has 1 N–H and O–H groups in total. The van der Waals surface area contributed by atoms with Crippen molar-refractivity contribution in [3.8, 4) is 11.5 Å². The molecule has 29 heavy (non-hydrogen) atoms. The van der Waals surface area contributed by atoms with Crippen molar-refractivity contribution in [3.05, 3.63) is 72.1 Å². The maximum absolute atomic E-state index is 13.3. The van der Waals surface area contributed by atoms with Gasteiger partial charge >= 0.3 is 0 Å². The molecule has 3 heterocycles. The van der Waals surface area contributed by atoms with Gasteiger partial charge in [-0.3, -0.25) is 4.79 Å². The summed E-state index contributed by atoms with van der Waals surface area (Å²) in [5, 5.41) is 2.97. The van der Waals surface area contributed by atoms with Crippen LogP contribution in [0.1, 0.15) is 17.0 Å². The maximum Gasteiger partial charge on any atom is 0.237 e. The van der Waals surface area contributed by atoms with Crippen molar-refractivity contribution >= 4 is 17.5 Å². The molecule has 0 unspecified atom stereocenters. The third-order valence-electron chi connectivity index (χ3n) is 5.18. The van der Waals surface area contributed by atoms with Gasteiger partial charge in [0.25, 0.3) is 0 Å². The Labute approximate surface area is 168 Å². The minimum absolute atomic E-state index is 0.153. The van der Waals surface area contributed by atoms with E-state index in [1.807, 2.05) is 48.5 Å². The number of hydrogen-bond donors (Lipinski definition) is 1. The molecule has 0 spiro atoms. The molecule has 0 bridgehead atoms. The number of ether oxygens (including phenoxy) is 2. The first kappa shape index (κ1) is 17.6. The van der Waals surface area contributed by atoms with Crippen molar-refractivity contribution in [2.75, 3.05) is 36.5 Å². The highest BCUT2D eigenvalue weighted by atomic mass is 16.5. The second-order valence-electron chi connectivity index (χ2n) is 6.96. The number of rotatable bonds is 3. The van der Waals surface area contributed by atoms with Gasteiger partial charge in [-0.15, -0.1) is 0 Å². The molecule has 7 heteroatoms. The van der Waals surface area contributed by atoms with Crippen LogP contribution < -0.4 is 15.0 Å². The van der Waals surface area contributed by atoms with Crippen molar-refractivity contribution in [1.82, 2.24) is 9.97 Å². The van der Waals surface area contributed by atoms with Gasteiger partial charge in [0.2, 0.25) is 5.91 Å². The van der Waals surface area contributed by atoms with Crippen LogP contribution in [0.2, 0.25) is 0 Å². The van der Waals surface area contributed by atoms with E-state index in [0.717, 1.165) is 30.0 Å². The number of anilines is 2. The van der Waals surface area contributed by atoms with Gasteiger partial charge in [-0.05, 0) is 12.1 Å². The maximum atomic E-state index is 13.3. The third-order valence-corrected chi connectivity index (χ3v) is 5.18. The van der Waals surface area contributed by atoms with Gasteiger partial charge in [-0.25, -0.2) is 9.97 Å². The van der Waals surface area contributed by atoms with Crippen molar-refractivity contribution < 1.29 is 14.3 Å². The predicted octanol–water partition coefficient (Wildman–Crippen LogP) is 3.19. The Morgan fingerprint density at radius 3 is 2.31 bits per heavy atom. The summed E-state index contributed by atoms with van der Waals surface area (Å²) in [6.45, 7) is 2.87. The molecule has 0 radical (unpaired) electrons. The SMILES string of the molecule is O=C(Nc1cc(N2CCOCC2)ncn1)C1c2ccccc2Oc2ccccc21. The van der Waals surface area contributed by atoms with E-state index in [9.17, 15) is 4.79 Å². The first-order chi connectivity index (χ1) is 14.3. The number of morpholine rings is 1. The fourth-order valence-corrected chi connectivity index (χ4v) is 3.77. The number of amides is 1. The van der Waals surface area contributed by atoms with Crippen LogP contribution in [0, 0.1) is 0 Å². The van der Waals surface area contributed by atoms with Crippen molar-refractivity contribution in [3.63, 3.8) is 0 Å². The standard InChI is InChI=1S/C22H20N4O3/c27-22(25-19-13-20(24-14-23-19)26-9-11-28-12-10-26)21-15-5-1-3-7-17(15)29-18-8-4-2-6-16(18)21/h1-8,13-14,21H,9-12H2,(H,23,24,25,27). The fraction of sp³-hybridized carbons (Fsp3) is 0.227. The lowest BCUT2D eigenvalue weighted by Crippen LogP contribution is -2.36. The molecule has 2 aromatic carbocycles. The molecular weight excluding hydrogens is 368 g/mol. The lowest BCUT2D eigenvalue weighted by Gasteiger charge is -2.28. The normalized spacial score (nSPS) is 15.8. The summed E-state index contributed by atoms with van der Waals surface area (Å²) in [7, 11) is 0. The van der Waals surface area contributed by atoms with Crippen LogP contribution in [0.25, 0.3) is 0 Å². The van der Waals surface area contributed by atoms with Gasteiger partial charge in [0.1, 0.15) is 29.5 Å².